The van der Waals surface area contributed by atoms with Gasteiger partial charge in [-0.1, -0.05) is 0 Å². The van der Waals surface area contributed by atoms with Gasteiger partial charge in [0.2, 0.25) is 0 Å². The van der Waals surface area contributed by atoms with Crippen LogP contribution in [0, 0.1) is 16.7 Å². The lowest BCUT2D eigenvalue weighted by atomic mass is 9.90. The number of nitrogens with one attached hydrogen (secondary N) is 1. The summed E-state index contributed by atoms with van der Waals surface area (Å²) in [4.78, 5) is 0. The molecule has 0 aromatic carbocycles. The van der Waals surface area contributed by atoms with Gasteiger partial charge < -0.3 is 11.1 Å². The maximum Gasteiger partial charge on any atom is 0.0683 e. The van der Waals surface area contributed by atoms with Gasteiger partial charge in [0, 0.05) is 13.1 Å². The number of nitrogens with two attached hydrogens (primary N) is 1. The smallest absolute Gasteiger partial charge is 0.0683 e. The van der Waals surface area contributed by atoms with Gasteiger partial charge >= 0.3 is 0 Å². The SMILES string of the molecule is CC(C)(C#N)CCCNCCN. The first-order chi connectivity index (χ1) is 5.62. The van der Waals surface area contributed by atoms with Gasteiger partial charge in [-0.3, -0.25) is 0 Å². The summed E-state index contributed by atoms with van der Waals surface area (Å²) in [6.07, 6.45) is 1.99. The van der Waals surface area contributed by atoms with Crippen LogP contribution in [0.2, 0.25) is 0 Å². The summed E-state index contributed by atoms with van der Waals surface area (Å²) >= 11 is 0. The zero-order chi connectivity index (χ0) is 9.45. The van der Waals surface area contributed by atoms with Crippen molar-refractivity contribution in [2.75, 3.05) is 19.6 Å². The fraction of sp³-hybridized carbons (Fsp3) is 0.889. The van der Waals surface area contributed by atoms with E-state index in [2.05, 4.69) is 11.4 Å². The van der Waals surface area contributed by atoms with E-state index in [-0.39, 0.29) is 5.41 Å². The Morgan fingerprint density at radius 3 is 2.58 bits per heavy atom. The standard InChI is InChI=1S/C9H19N3/c1-9(2,8-11)4-3-6-12-7-5-10/h12H,3-7,10H2,1-2H3. The number of hydrogen-bond donors (Lipinski definition) is 2. The summed E-state index contributed by atoms with van der Waals surface area (Å²) < 4.78 is 0. The molecule has 0 saturated heterocycles. The third kappa shape index (κ3) is 6.14. The lowest BCUT2D eigenvalue weighted by Crippen LogP contribution is -2.24. The Hall–Kier alpha value is -0.590. The van der Waals surface area contributed by atoms with Crippen molar-refractivity contribution < 1.29 is 0 Å². The van der Waals surface area contributed by atoms with Gasteiger partial charge in [0.05, 0.1) is 11.5 Å². The molecule has 0 saturated carbocycles. The largest absolute Gasteiger partial charge is 0.329 e. The average Bonchev–Trinajstić information content (AvgIpc) is 2.04. The molecule has 3 heteroatoms. The van der Waals surface area contributed by atoms with Crippen LogP contribution in [0.3, 0.4) is 0 Å². The molecule has 0 rings (SSSR count). The fourth-order valence-electron chi connectivity index (χ4n) is 0.938. The molecule has 0 aromatic rings. The Balaban J connectivity index is 3.27. The van der Waals surface area contributed by atoms with E-state index in [9.17, 15) is 0 Å². The van der Waals surface area contributed by atoms with Crippen LogP contribution in [-0.2, 0) is 0 Å². The summed E-state index contributed by atoms with van der Waals surface area (Å²) in [5, 5.41) is 11.9. The minimum absolute atomic E-state index is 0.176. The van der Waals surface area contributed by atoms with E-state index in [1.165, 1.54) is 0 Å². The van der Waals surface area contributed by atoms with E-state index in [0.717, 1.165) is 25.9 Å². The quantitative estimate of drug-likeness (QED) is 0.580. The Morgan fingerprint density at radius 1 is 1.42 bits per heavy atom. The van der Waals surface area contributed by atoms with Gasteiger partial charge in [-0.25, -0.2) is 0 Å². The van der Waals surface area contributed by atoms with Gasteiger partial charge in [-0.15, -0.1) is 0 Å². The second kappa shape index (κ2) is 5.99. The molecule has 0 spiro atoms. The zero-order valence-electron chi connectivity index (χ0n) is 8.06. The van der Waals surface area contributed by atoms with E-state index in [1.807, 2.05) is 13.8 Å². The maximum absolute atomic E-state index is 8.71. The topological polar surface area (TPSA) is 61.8 Å². The number of hydrogen-bond acceptors (Lipinski definition) is 3. The highest BCUT2D eigenvalue weighted by atomic mass is 14.9. The van der Waals surface area contributed by atoms with E-state index in [1.54, 1.807) is 0 Å². The molecule has 3 nitrogen and oxygen atoms in total. The molecule has 0 unspecified atom stereocenters. The minimum Gasteiger partial charge on any atom is -0.329 e. The summed E-state index contributed by atoms with van der Waals surface area (Å²) in [6.45, 7) is 6.45. The third-order valence-corrected chi connectivity index (χ3v) is 1.78. The van der Waals surface area contributed by atoms with Crippen molar-refractivity contribution in [2.45, 2.75) is 26.7 Å². The molecule has 70 valence electrons. The third-order valence-electron chi connectivity index (χ3n) is 1.78. The predicted molar refractivity (Wildman–Crippen MR) is 50.6 cm³/mol. The van der Waals surface area contributed by atoms with Gasteiger partial charge in [-0.2, -0.15) is 5.26 Å². The van der Waals surface area contributed by atoms with Gasteiger partial charge in [0.15, 0.2) is 0 Å². The van der Waals surface area contributed by atoms with Crippen molar-refractivity contribution in [1.29, 1.82) is 5.26 Å². The van der Waals surface area contributed by atoms with Crippen LogP contribution in [-0.4, -0.2) is 19.6 Å². The van der Waals surface area contributed by atoms with Crippen LogP contribution < -0.4 is 11.1 Å². The Labute approximate surface area is 74.9 Å². The van der Waals surface area contributed by atoms with Crippen molar-refractivity contribution in [3.05, 3.63) is 0 Å². The van der Waals surface area contributed by atoms with Gasteiger partial charge in [0.1, 0.15) is 0 Å². The second-order valence-corrected chi connectivity index (χ2v) is 3.64. The minimum atomic E-state index is -0.176. The van der Waals surface area contributed by atoms with Crippen molar-refractivity contribution in [1.82, 2.24) is 5.32 Å². The van der Waals surface area contributed by atoms with Crippen LogP contribution in [0.1, 0.15) is 26.7 Å². The number of rotatable bonds is 6. The summed E-state index contributed by atoms with van der Waals surface area (Å²) in [6, 6.07) is 2.28. The molecular formula is C9H19N3. The molecule has 0 aliphatic carbocycles. The van der Waals surface area contributed by atoms with Gasteiger partial charge in [0.25, 0.3) is 0 Å². The van der Waals surface area contributed by atoms with E-state index in [4.69, 9.17) is 11.0 Å². The van der Waals surface area contributed by atoms with Crippen molar-refractivity contribution in [3.63, 3.8) is 0 Å². The van der Waals surface area contributed by atoms with Crippen molar-refractivity contribution >= 4 is 0 Å². The predicted octanol–water partition coefficient (Wildman–Crippen LogP) is 0.865. The molecule has 0 atom stereocenters. The molecule has 0 bridgehead atoms. The number of nitriles is 1. The van der Waals surface area contributed by atoms with Crippen molar-refractivity contribution in [2.24, 2.45) is 11.1 Å². The fourth-order valence-corrected chi connectivity index (χ4v) is 0.938. The van der Waals surface area contributed by atoms with Crippen LogP contribution in [0.25, 0.3) is 0 Å². The average molecular weight is 169 g/mol. The highest BCUT2D eigenvalue weighted by Crippen LogP contribution is 2.19. The highest BCUT2D eigenvalue weighted by molar-refractivity contribution is 4.91. The van der Waals surface area contributed by atoms with Crippen LogP contribution in [0.4, 0.5) is 0 Å². The maximum atomic E-state index is 8.71. The molecule has 0 radical (unpaired) electrons. The first-order valence-electron chi connectivity index (χ1n) is 4.44. The van der Waals surface area contributed by atoms with Crippen LogP contribution in [0.5, 0.6) is 0 Å². The monoisotopic (exact) mass is 169 g/mol. The second-order valence-electron chi connectivity index (χ2n) is 3.64. The Morgan fingerprint density at radius 2 is 2.08 bits per heavy atom. The van der Waals surface area contributed by atoms with E-state index < -0.39 is 0 Å². The summed E-state index contributed by atoms with van der Waals surface area (Å²) in [5.41, 5.74) is 5.13. The summed E-state index contributed by atoms with van der Waals surface area (Å²) in [5.74, 6) is 0. The lowest BCUT2D eigenvalue weighted by Gasteiger charge is -2.14. The normalized spacial score (nSPS) is 11.2. The van der Waals surface area contributed by atoms with Gasteiger partial charge in [-0.05, 0) is 33.2 Å². The molecule has 0 aliphatic rings. The molecule has 0 aromatic heterocycles. The number of nitrogens with zero attached hydrogens (tertiary/aromatic N) is 1. The Kier molecular flexibility index (Phi) is 5.69. The first kappa shape index (κ1) is 11.4. The molecule has 0 amide bonds. The zero-order valence-corrected chi connectivity index (χ0v) is 8.06. The van der Waals surface area contributed by atoms with E-state index >= 15 is 0 Å². The molecule has 0 fully saturated rings. The summed E-state index contributed by atoms with van der Waals surface area (Å²) in [7, 11) is 0. The molecule has 3 N–H and O–H groups in total. The first-order valence-corrected chi connectivity index (χ1v) is 4.44. The molecule has 0 aliphatic heterocycles. The molecule has 0 heterocycles. The highest BCUT2D eigenvalue weighted by Gasteiger charge is 2.14. The molecule has 12 heavy (non-hydrogen) atoms. The van der Waals surface area contributed by atoms with Crippen LogP contribution >= 0.6 is 0 Å². The van der Waals surface area contributed by atoms with Crippen LogP contribution in [0.15, 0.2) is 0 Å². The van der Waals surface area contributed by atoms with E-state index in [0.29, 0.717) is 6.54 Å². The lowest BCUT2D eigenvalue weighted by molar-refractivity contribution is 0.427. The Bertz CT molecular complexity index is 146. The van der Waals surface area contributed by atoms with Crippen molar-refractivity contribution in [3.8, 4) is 6.07 Å². The molecular weight excluding hydrogens is 150 g/mol.